The van der Waals surface area contributed by atoms with Crippen molar-refractivity contribution in [2.45, 2.75) is 12.8 Å². The van der Waals surface area contributed by atoms with Crippen LogP contribution < -0.4 is 0 Å². The number of nitrogens with zero attached hydrogens (tertiary/aromatic N) is 1. The van der Waals surface area contributed by atoms with Crippen molar-refractivity contribution in [3.63, 3.8) is 0 Å². The predicted octanol–water partition coefficient (Wildman–Crippen LogP) is 2.58. The Morgan fingerprint density at radius 3 is 2.85 bits per heavy atom. The van der Waals surface area contributed by atoms with Crippen molar-refractivity contribution in [1.29, 1.82) is 0 Å². The lowest BCUT2D eigenvalue weighted by molar-refractivity contribution is 0.0958. The van der Waals surface area contributed by atoms with Gasteiger partial charge in [0.05, 0.1) is 0 Å². The van der Waals surface area contributed by atoms with Crippen molar-refractivity contribution in [1.82, 2.24) is 4.98 Å². The summed E-state index contributed by atoms with van der Waals surface area (Å²) in [5.74, 6) is -0.681. The molecule has 0 radical (unpaired) electrons. The summed E-state index contributed by atoms with van der Waals surface area (Å²) >= 11 is 3.08. The monoisotopic (exact) mass is 243 g/mol. The first-order chi connectivity index (χ1) is 6.18. The van der Waals surface area contributed by atoms with E-state index in [1.54, 1.807) is 0 Å². The molecule has 68 valence electrons. The van der Waals surface area contributed by atoms with Crippen LogP contribution in [0.4, 0.5) is 4.39 Å². The van der Waals surface area contributed by atoms with Crippen LogP contribution in [0.5, 0.6) is 0 Å². The third kappa shape index (κ3) is 1.77. The Morgan fingerprint density at radius 2 is 2.31 bits per heavy atom. The minimum Gasteiger partial charge on any atom is -0.292 e. The van der Waals surface area contributed by atoms with E-state index in [9.17, 15) is 9.18 Å². The van der Waals surface area contributed by atoms with E-state index >= 15 is 0 Å². The van der Waals surface area contributed by atoms with Crippen molar-refractivity contribution in [2.75, 3.05) is 0 Å². The number of rotatable bonds is 2. The third-order valence-corrected chi connectivity index (χ3v) is 2.42. The van der Waals surface area contributed by atoms with Crippen molar-refractivity contribution in [3.05, 3.63) is 28.2 Å². The molecular weight excluding hydrogens is 237 g/mol. The first-order valence-corrected chi connectivity index (χ1v) is 4.83. The Morgan fingerprint density at radius 1 is 1.62 bits per heavy atom. The molecule has 0 saturated heterocycles. The molecule has 0 spiro atoms. The second-order valence-electron chi connectivity index (χ2n) is 3.12. The maximum absolute atomic E-state index is 13.2. The molecule has 4 heteroatoms. The maximum atomic E-state index is 13.2. The van der Waals surface area contributed by atoms with Crippen LogP contribution in [0.15, 0.2) is 16.7 Å². The summed E-state index contributed by atoms with van der Waals surface area (Å²) < 4.78 is 13.7. The predicted molar refractivity (Wildman–Crippen MR) is 48.9 cm³/mol. The first-order valence-electron chi connectivity index (χ1n) is 4.04. The topological polar surface area (TPSA) is 30.0 Å². The number of carbonyl (C=O) groups is 1. The highest BCUT2D eigenvalue weighted by Gasteiger charge is 2.32. The van der Waals surface area contributed by atoms with Gasteiger partial charge in [0.15, 0.2) is 11.6 Å². The van der Waals surface area contributed by atoms with Crippen LogP contribution in [0.25, 0.3) is 0 Å². The largest absolute Gasteiger partial charge is 0.292 e. The van der Waals surface area contributed by atoms with Gasteiger partial charge in [-0.3, -0.25) is 4.79 Å². The fraction of sp³-hybridized carbons (Fsp3) is 0.333. The zero-order chi connectivity index (χ0) is 9.42. The van der Waals surface area contributed by atoms with Crippen LogP contribution in [-0.4, -0.2) is 10.8 Å². The average Bonchev–Trinajstić information content (AvgIpc) is 2.85. The molecule has 0 aromatic carbocycles. The first kappa shape index (κ1) is 8.81. The maximum Gasteiger partial charge on any atom is 0.187 e. The molecule has 2 nitrogen and oxygen atoms in total. The van der Waals surface area contributed by atoms with Crippen LogP contribution in [-0.2, 0) is 0 Å². The highest BCUT2D eigenvalue weighted by atomic mass is 79.9. The van der Waals surface area contributed by atoms with Gasteiger partial charge in [-0.2, -0.15) is 0 Å². The molecule has 0 N–H and O–H groups in total. The number of Topliss-reactive ketones (excluding diaryl/α,β-unsaturated/α-hetero) is 1. The van der Waals surface area contributed by atoms with E-state index in [1.165, 1.54) is 12.3 Å². The SMILES string of the molecule is O=C(c1ncc(Br)cc1F)C1CC1. The molecule has 13 heavy (non-hydrogen) atoms. The van der Waals surface area contributed by atoms with Crippen molar-refractivity contribution < 1.29 is 9.18 Å². The summed E-state index contributed by atoms with van der Waals surface area (Å²) in [6, 6.07) is 1.27. The normalized spacial score (nSPS) is 15.8. The van der Waals surface area contributed by atoms with E-state index in [-0.39, 0.29) is 17.4 Å². The van der Waals surface area contributed by atoms with Gasteiger partial charge in [0.2, 0.25) is 0 Å². The molecule has 1 aliphatic rings. The Balaban J connectivity index is 2.33. The number of carbonyl (C=O) groups excluding carboxylic acids is 1. The number of aromatic nitrogens is 1. The average molecular weight is 244 g/mol. The zero-order valence-electron chi connectivity index (χ0n) is 6.76. The van der Waals surface area contributed by atoms with Gasteiger partial charge in [0.1, 0.15) is 5.69 Å². The lowest BCUT2D eigenvalue weighted by Gasteiger charge is -1.99. The van der Waals surface area contributed by atoms with Crippen LogP contribution in [0.1, 0.15) is 23.3 Å². The molecule has 2 rings (SSSR count). The van der Waals surface area contributed by atoms with Crippen LogP contribution >= 0.6 is 15.9 Å². The van der Waals surface area contributed by atoms with Crippen LogP contribution in [0.3, 0.4) is 0 Å². The number of halogens is 2. The molecular formula is C9H7BrFNO. The minimum atomic E-state index is -0.536. The number of hydrogen-bond donors (Lipinski definition) is 0. The van der Waals surface area contributed by atoms with Gasteiger partial charge in [0, 0.05) is 16.6 Å². The highest BCUT2D eigenvalue weighted by Crippen LogP contribution is 2.32. The van der Waals surface area contributed by atoms with E-state index in [1.807, 2.05) is 0 Å². The number of pyridine rings is 1. The molecule has 1 aromatic heterocycles. The molecule has 0 bridgehead atoms. The van der Waals surface area contributed by atoms with Gasteiger partial charge in [0.25, 0.3) is 0 Å². The lowest BCUT2D eigenvalue weighted by atomic mass is 10.2. The minimum absolute atomic E-state index is 0.0168. The summed E-state index contributed by atoms with van der Waals surface area (Å²) in [5.41, 5.74) is -0.0225. The summed E-state index contributed by atoms with van der Waals surface area (Å²) in [6.07, 6.45) is 3.19. The van der Waals surface area contributed by atoms with Crippen molar-refractivity contribution >= 4 is 21.7 Å². The molecule has 0 unspecified atom stereocenters. The fourth-order valence-electron chi connectivity index (χ4n) is 1.13. The van der Waals surface area contributed by atoms with E-state index < -0.39 is 5.82 Å². The van der Waals surface area contributed by atoms with Gasteiger partial charge in [-0.05, 0) is 34.8 Å². The summed E-state index contributed by atoms with van der Waals surface area (Å²) in [5, 5.41) is 0. The zero-order valence-corrected chi connectivity index (χ0v) is 8.34. The van der Waals surface area contributed by atoms with E-state index in [4.69, 9.17) is 0 Å². The van der Waals surface area contributed by atoms with Crippen LogP contribution in [0, 0.1) is 11.7 Å². The van der Waals surface area contributed by atoms with Gasteiger partial charge >= 0.3 is 0 Å². The van der Waals surface area contributed by atoms with Gasteiger partial charge in [-0.15, -0.1) is 0 Å². The second kappa shape index (κ2) is 3.18. The Kier molecular flexibility index (Phi) is 2.15. The third-order valence-electron chi connectivity index (χ3n) is 1.99. The van der Waals surface area contributed by atoms with Crippen molar-refractivity contribution in [2.24, 2.45) is 5.92 Å². The number of hydrogen-bond acceptors (Lipinski definition) is 2. The van der Waals surface area contributed by atoms with E-state index in [0.717, 1.165) is 12.8 Å². The summed E-state index contributed by atoms with van der Waals surface area (Å²) in [7, 11) is 0. The molecule has 0 atom stereocenters. The number of ketones is 1. The molecule has 0 aliphatic heterocycles. The van der Waals surface area contributed by atoms with Crippen molar-refractivity contribution in [3.8, 4) is 0 Å². The Bertz CT molecular complexity index is 363. The molecule has 1 aromatic rings. The standard InChI is InChI=1S/C9H7BrFNO/c10-6-3-7(11)8(12-4-6)9(13)5-1-2-5/h3-5H,1-2H2. The van der Waals surface area contributed by atoms with Gasteiger partial charge in [-0.25, -0.2) is 9.37 Å². The molecule has 1 fully saturated rings. The molecule has 1 aliphatic carbocycles. The summed E-state index contributed by atoms with van der Waals surface area (Å²) in [4.78, 5) is 15.2. The second-order valence-corrected chi connectivity index (χ2v) is 4.04. The fourth-order valence-corrected chi connectivity index (χ4v) is 1.44. The Hall–Kier alpha value is -0.770. The molecule has 1 heterocycles. The highest BCUT2D eigenvalue weighted by molar-refractivity contribution is 9.10. The van der Waals surface area contributed by atoms with Gasteiger partial charge in [-0.1, -0.05) is 0 Å². The van der Waals surface area contributed by atoms with Gasteiger partial charge < -0.3 is 0 Å². The lowest BCUT2D eigenvalue weighted by Crippen LogP contribution is -2.07. The molecule has 1 saturated carbocycles. The van der Waals surface area contributed by atoms with Crippen LogP contribution in [0.2, 0.25) is 0 Å². The summed E-state index contributed by atoms with van der Waals surface area (Å²) in [6.45, 7) is 0. The molecule has 0 amide bonds. The Labute approximate surface area is 83.3 Å². The van der Waals surface area contributed by atoms with E-state index in [0.29, 0.717) is 4.47 Å². The quantitative estimate of drug-likeness (QED) is 0.748. The van der Waals surface area contributed by atoms with E-state index in [2.05, 4.69) is 20.9 Å². The smallest absolute Gasteiger partial charge is 0.187 e.